The highest BCUT2D eigenvalue weighted by atomic mass is 32.1. The van der Waals surface area contributed by atoms with Gasteiger partial charge in [0.25, 0.3) is 17.7 Å². The van der Waals surface area contributed by atoms with Gasteiger partial charge in [-0.25, -0.2) is 34.9 Å². The number of rotatable bonds is 12. The van der Waals surface area contributed by atoms with Gasteiger partial charge in [0.1, 0.15) is 83.3 Å². The van der Waals surface area contributed by atoms with E-state index in [0.717, 1.165) is 36.5 Å². The van der Waals surface area contributed by atoms with E-state index in [1.54, 1.807) is 40.1 Å². The summed E-state index contributed by atoms with van der Waals surface area (Å²) in [5.74, 6) is -3.14. The molecule has 5 amide bonds. The fourth-order valence-corrected chi connectivity index (χ4v) is 14.5. The van der Waals surface area contributed by atoms with E-state index in [9.17, 15) is 29.1 Å². The Morgan fingerprint density at radius 2 is 1.40 bits per heavy atom. The largest absolute Gasteiger partial charge is 0.492 e. The van der Waals surface area contributed by atoms with Gasteiger partial charge in [-0.05, 0) is 49.8 Å². The van der Waals surface area contributed by atoms with Crippen LogP contribution in [0.5, 0.6) is 5.75 Å². The zero-order valence-electron chi connectivity index (χ0n) is 43.5. The van der Waals surface area contributed by atoms with Crippen LogP contribution in [0.1, 0.15) is 113 Å². The normalized spacial score (nSPS) is 18.9. The first-order valence-electron chi connectivity index (χ1n) is 25.5. The summed E-state index contributed by atoms with van der Waals surface area (Å²) in [6.45, 7) is 10.9. The molecule has 414 valence electrons. The second-order valence-corrected chi connectivity index (χ2v) is 24.6. The summed E-state index contributed by atoms with van der Waals surface area (Å²) in [5, 5.41) is 28.4. The molecule has 1 aromatic carbocycles. The summed E-state index contributed by atoms with van der Waals surface area (Å²) in [5.41, 5.74) is 14.6. The molecule has 5 atom stereocenters. The Morgan fingerprint density at radius 3 is 2.14 bits per heavy atom. The van der Waals surface area contributed by atoms with Gasteiger partial charge >= 0.3 is 0 Å². The van der Waals surface area contributed by atoms with Gasteiger partial charge in [-0.2, -0.15) is 0 Å². The number of aryl methyl sites for hydroxylation is 2. The minimum atomic E-state index is -1.11. The number of nitrogens with zero attached hydrogens (tertiary/aromatic N) is 9. The number of nitrogens with one attached hydrogen (secondary N) is 2. The smallest absolute Gasteiger partial charge is 0.271 e. The van der Waals surface area contributed by atoms with Crippen LogP contribution in [0.25, 0.3) is 43.4 Å². The van der Waals surface area contributed by atoms with E-state index >= 15 is 4.79 Å². The fourth-order valence-electron chi connectivity index (χ4n) is 9.28. The summed E-state index contributed by atoms with van der Waals surface area (Å²) >= 11 is 7.35. The number of carbonyl (C=O) groups excluding carboxylic acids is 6. The van der Waals surface area contributed by atoms with Crippen LogP contribution in [0, 0.1) is 12.8 Å². The van der Waals surface area contributed by atoms with Gasteiger partial charge < -0.3 is 41.7 Å². The zero-order valence-corrected chi connectivity index (χ0v) is 48.4. The number of aliphatic hydroxyl groups is 1. The van der Waals surface area contributed by atoms with Gasteiger partial charge in [-0.3, -0.25) is 28.8 Å². The lowest BCUT2D eigenvalue weighted by molar-refractivity contribution is -0.134. The lowest BCUT2D eigenvalue weighted by atomic mass is 10.00. The molecule has 10 rings (SSSR count). The molecule has 0 spiro atoms. The Labute approximate surface area is 482 Å². The number of Topliss-reactive ketones (excluding diaryl/α,β-unsaturated/α-hetero) is 1. The Morgan fingerprint density at radius 1 is 0.725 bits per heavy atom. The summed E-state index contributed by atoms with van der Waals surface area (Å²) in [4.78, 5) is 119. The number of fused-ring (bicyclic) bond motifs is 16. The number of benzene rings is 1. The van der Waals surface area contributed by atoms with Crippen LogP contribution in [0.4, 0.5) is 0 Å². The number of primary amides is 2. The number of carbonyl (C=O) groups is 6. The first-order chi connectivity index (χ1) is 38.5. The van der Waals surface area contributed by atoms with Gasteiger partial charge in [-0.15, -0.1) is 68.0 Å². The Bertz CT molecular complexity index is 3620. The maximum Gasteiger partial charge on any atom is 0.271 e. The number of aliphatic hydroxyl groups excluding tert-OH is 1. The van der Waals surface area contributed by atoms with E-state index in [1.165, 1.54) is 56.7 Å². The lowest BCUT2D eigenvalue weighted by Crippen LogP contribution is -2.50. The second kappa shape index (κ2) is 24.3. The topological polar surface area (TPSA) is 305 Å². The molecule has 80 heavy (non-hydrogen) atoms. The van der Waals surface area contributed by atoms with Crippen molar-refractivity contribution < 1.29 is 38.6 Å². The van der Waals surface area contributed by atoms with Crippen molar-refractivity contribution in [3.05, 3.63) is 112 Å². The Hall–Kier alpha value is -7.11. The van der Waals surface area contributed by atoms with Gasteiger partial charge in [0.2, 0.25) is 11.8 Å². The lowest BCUT2D eigenvalue weighted by Gasteiger charge is -2.29. The highest BCUT2D eigenvalue weighted by Crippen LogP contribution is 2.42. The minimum absolute atomic E-state index is 0.0156. The summed E-state index contributed by atoms with van der Waals surface area (Å²) < 4.78 is 6.04. The number of ether oxygens (including phenoxy) is 1. The van der Waals surface area contributed by atoms with Crippen molar-refractivity contribution in [2.45, 2.75) is 77.6 Å². The maximum absolute atomic E-state index is 15.1. The van der Waals surface area contributed by atoms with Gasteiger partial charge in [-0.1, -0.05) is 32.9 Å². The molecule has 27 heteroatoms. The van der Waals surface area contributed by atoms with E-state index in [2.05, 4.69) is 44.3 Å². The average Bonchev–Trinajstić information content (AvgIpc) is 4.35. The first kappa shape index (κ1) is 56.2. The van der Waals surface area contributed by atoms with Gasteiger partial charge in [0.05, 0.1) is 35.3 Å². The first-order valence-corrected chi connectivity index (χ1v) is 30.7. The molecule has 0 radical (unpaired) electrons. The molecule has 8 aromatic rings. The number of hydrogen-bond donors (Lipinski definition) is 5. The van der Waals surface area contributed by atoms with E-state index in [1.807, 2.05) is 41.9 Å². The molecule has 21 nitrogen and oxygen atoms in total. The Kier molecular flexibility index (Phi) is 17.1. The number of nitrogens with two attached hydrogens (primary N) is 2. The van der Waals surface area contributed by atoms with E-state index in [-0.39, 0.29) is 60.8 Å². The van der Waals surface area contributed by atoms with Crippen molar-refractivity contribution in [3.63, 3.8) is 0 Å². The molecule has 2 aliphatic heterocycles. The molecule has 2 aliphatic rings. The number of likely N-dealkylation sites (N-methyl/N-ethyl adjacent to an activating group) is 1. The van der Waals surface area contributed by atoms with Crippen LogP contribution < -0.4 is 26.8 Å². The molecule has 7 N–H and O–H groups in total. The van der Waals surface area contributed by atoms with Crippen LogP contribution in [-0.2, 0) is 22.4 Å². The maximum atomic E-state index is 15.1. The van der Waals surface area contributed by atoms with Crippen molar-refractivity contribution in [1.82, 2.24) is 55.3 Å². The van der Waals surface area contributed by atoms with E-state index in [0.29, 0.717) is 75.6 Å². The van der Waals surface area contributed by atoms with E-state index < -0.39 is 59.7 Å². The zero-order chi connectivity index (χ0) is 56.4. The second-order valence-electron chi connectivity index (χ2n) is 19.0. The quantitative estimate of drug-likeness (QED) is 0.0821. The number of aromatic nitrogens is 7. The van der Waals surface area contributed by atoms with Crippen molar-refractivity contribution in [2.75, 3.05) is 32.8 Å². The number of hydrogen-bond acceptors (Lipinski definition) is 22. The molecular weight excluding hydrogens is 1140 g/mol. The van der Waals surface area contributed by atoms with Gasteiger partial charge in [0, 0.05) is 75.6 Å². The van der Waals surface area contributed by atoms with Crippen LogP contribution in [0.2, 0.25) is 0 Å². The highest BCUT2D eigenvalue weighted by molar-refractivity contribution is 7.15. The number of pyridine rings is 1. The summed E-state index contributed by atoms with van der Waals surface area (Å²) in [6, 6.07) is 8.12. The van der Waals surface area contributed by atoms with Gasteiger partial charge in [0.15, 0.2) is 5.78 Å². The predicted octanol–water partition coefficient (Wildman–Crippen LogP) is 7.01. The van der Waals surface area contributed by atoms with Crippen LogP contribution in [-0.4, -0.2) is 130 Å². The molecule has 1 fully saturated rings. The molecule has 9 heterocycles. The standard InChI is InChI=1S/C53H53N13O8S6/c1-5-65(6-2)15-16-74-28-9-7-27(8-10-28)17-32-53(73)66-19-39(68)25(3)44(66)52-63-37(24-79-52)50-60-33(20-77-50)43-29(11-12-30(57-43)49-61-34(21-78-49)45(55)70)48-62-36(23-76-48)47(72)58-31(18-40(54)69)51-64-42(26(4)80-51)38(67)13-14-41-56-35(22-75-41)46(71)59-32/h7-12,20-25,31-32,39,44,68H,5-6,13-19H2,1-4H3,(H2,54,69)(H2,55,70)(H,58,72)(H,59,71)/t25-,31-,32-,39-,44-/m0/s1. The monoisotopic (exact) mass is 1190 g/mol. The Balaban J connectivity index is 1.02. The molecule has 0 unspecified atom stereocenters. The summed E-state index contributed by atoms with van der Waals surface area (Å²) in [6.07, 6.45) is -0.966. The number of thiazole rings is 6. The molecular formula is C53H53N13O8S6. The van der Waals surface area contributed by atoms with Crippen LogP contribution in [0.15, 0.2) is 63.3 Å². The molecule has 0 saturated carbocycles. The average molecular weight is 1190 g/mol. The third-order valence-electron chi connectivity index (χ3n) is 13.7. The van der Waals surface area contributed by atoms with Crippen molar-refractivity contribution in [2.24, 2.45) is 17.4 Å². The summed E-state index contributed by atoms with van der Waals surface area (Å²) in [7, 11) is 0. The van der Waals surface area contributed by atoms with Crippen molar-refractivity contribution in [1.29, 1.82) is 0 Å². The van der Waals surface area contributed by atoms with Crippen molar-refractivity contribution >= 4 is 103 Å². The molecule has 1 saturated heterocycles. The minimum Gasteiger partial charge on any atom is -0.492 e. The van der Waals surface area contributed by atoms with Crippen LogP contribution >= 0.6 is 68.0 Å². The molecule has 10 bridgehead atoms. The highest BCUT2D eigenvalue weighted by Gasteiger charge is 2.45. The van der Waals surface area contributed by atoms with E-state index in [4.69, 9.17) is 36.1 Å². The number of amides is 5. The van der Waals surface area contributed by atoms with Crippen molar-refractivity contribution in [3.8, 4) is 49.1 Å². The molecule has 7 aromatic heterocycles. The fraction of sp³-hybridized carbons (Fsp3) is 0.340. The van der Waals surface area contributed by atoms with Crippen LogP contribution in [0.3, 0.4) is 0 Å². The molecule has 0 aliphatic carbocycles. The third-order valence-corrected chi connectivity index (χ3v) is 19.2. The number of ketones is 1. The SMILES string of the molecule is CCN(CC)CCOc1ccc(C[C@@H]2NC(=O)c3csc(n3)CCC(=O)c3nc(sc3C)[C@H](CC(N)=O)NC(=O)c3csc(n3)-c3ccc(-c4nc(C(N)=O)cs4)nc3-c3csc(n3)-c3csc(n3)[C@@H]3[C@@H](C)[C@@H](O)CN3C2=O)cc1. The predicted molar refractivity (Wildman–Crippen MR) is 307 cm³/mol. The third kappa shape index (κ3) is 12.3.